The molecule has 0 saturated heterocycles. The molecule has 1 saturated carbocycles. The molecule has 6 heteroatoms. The lowest BCUT2D eigenvalue weighted by molar-refractivity contribution is -0.182. The normalized spacial score (nSPS) is 26.1. The Morgan fingerprint density at radius 1 is 1.29 bits per heavy atom. The number of rotatable bonds is 2. The first-order chi connectivity index (χ1) is 8.02. The van der Waals surface area contributed by atoms with Gasteiger partial charge in [-0.3, -0.25) is 0 Å². The zero-order valence-corrected chi connectivity index (χ0v) is 10.7. The third kappa shape index (κ3) is 2.84. The van der Waals surface area contributed by atoms with Crippen LogP contribution in [0.1, 0.15) is 43.1 Å². The summed E-state index contributed by atoms with van der Waals surface area (Å²) in [5.41, 5.74) is 0.806. The molecular formula is C11H13BrF3NO. The van der Waals surface area contributed by atoms with E-state index in [-0.39, 0.29) is 18.8 Å². The molecule has 0 N–H and O–H groups in total. The van der Waals surface area contributed by atoms with E-state index in [9.17, 15) is 13.2 Å². The maximum absolute atomic E-state index is 12.5. The van der Waals surface area contributed by atoms with Crippen molar-refractivity contribution in [2.75, 3.05) is 0 Å². The lowest BCUT2D eigenvalue weighted by Gasteiger charge is -2.28. The topological polar surface area (TPSA) is 26.0 Å². The standard InChI is InChI=1S/C11H13BrF3NO/c12-5-9-10(17-6-16-9)7-1-3-8(4-2-7)11(13,14)15/h6-8H,1-5H2. The molecule has 1 heterocycles. The van der Waals surface area contributed by atoms with E-state index in [1.807, 2.05) is 0 Å². The van der Waals surface area contributed by atoms with Gasteiger partial charge in [0.2, 0.25) is 0 Å². The SMILES string of the molecule is FC(F)(F)C1CCC(c2ocnc2CBr)CC1. The molecule has 17 heavy (non-hydrogen) atoms. The largest absolute Gasteiger partial charge is 0.448 e. The van der Waals surface area contributed by atoms with E-state index in [1.165, 1.54) is 6.39 Å². The van der Waals surface area contributed by atoms with Crippen molar-refractivity contribution in [2.45, 2.75) is 43.1 Å². The molecule has 1 aromatic heterocycles. The van der Waals surface area contributed by atoms with Gasteiger partial charge in [-0.2, -0.15) is 13.2 Å². The minimum absolute atomic E-state index is 0.0867. The summed E-state index contributed by atoms with van der Waals surface area (Å²) in [6.07, 6.45) is -1.25. The van der Waals surface area contributed by atoms with E-state index < -0.39 is 12.1 Å². The van der Waals surface area contributed by atoms with Gasteiger partial charge in [0.15, 0.2) is 6.39 Å². The Kier molecular flexibility index (Phi) is 3.80. The highest BCUT2D eigenvalue weighted by Crippen LogP contribution is 2.43. The van der Waals surface area contributed by atoms with Crippen molar-refractivity contribution in [3.8, 4) is 0 Å². The fourth-order valence-electron chi connectivity index (χ4n) is 2.39. The third-order valence-electron chi connectivity index (χ3n) is 3.36. The molecule has 0 bridgehead atoms. The van der Waals surface area contributed by atoms with Gasteiger partial charge in [-0.1, -0.05) is 15.9 Å². The molecule has 1 fully saturated rings. The molecule has 2 rings (SSSR count). The maximum Gasteiger partial charge on any atom is 0.391 e. The summed E-state index contributed by atoms with van der Waals surface area (Å²) < 4.78 is 42.8. The summed E-state index contributed by atoms with van der Waals surface area (Å²) >= 11 is 3.30. The quantitative estimate of drug-likeness (QED) is 0.756. The van der Waals surface area contributed by atoms with Gasteiger partial charge in [0.1, 0.15) is 5.76 Å². The second kappa shape index (κ2) is 5.00. The van der Waals surface area contributed by atoms with E-state index in [4.69, 9.17) is 4.42 Å². The van der Waals surface area contributed by atoms with Crippen molar-refractivity contribution >= 4 is 15.9 Å². The van der Waals surface area contributed by atoms with Crippen LogP contribution < -0.4 is 0 Å². The molecule has 0 aliphatic heterocycles. The van der Waals surface area contributed by atoms with E-state index in [2.05, 4.69) is 20.9 Å². The van der Waals surface area contributed by atoms with E-state index in [1.54, 1.807) is 0 Å². The van der Waals surface area contributed by atoms with Crippen LogP contribution in [0.2, 0.25) is 0 Å². The Hall–Kier alpha value is -0.520. The smallest absolute Gasteiger partial charge is 0.391 e. The van der Waals surface area contributed by atoms with Crippen molar-refractivity contribution in [1.82, 2.24) is 4.98 Å². The number of hydrogen-bond acceptors (Lipinski definition) is 2. The van der Waals surface area contributed by atoms with E-state index >= 15 is 0 Å². The Labute approximate surface area is 106 Å². The van der Waals surface area contributed by atoms with Crippen LogP contribution in [0.15, 0.2) is 10.8 Å². The molecule has 0 aromatic carbocycles. The first-order valence-electron chi connectivity index (χ1n) is 5.57. The molecule has 0 atom stereocenters. The summed E-state index contributed by atoms with van der Waals surface area (Å²) in [6, 6.07) is 0. The lowest BCUT2D eigenvalue weighted by atomic mass is 9.80. The van der Waals surface area contributed by atoms with Crippen molar-refractivity contribution in [3.63, 3.8) is 0 Å². The van der Waals surface area contributed by atoms with Gasteiger partial charge in [0.25, 0.3) is 0 Å². The van der Waals surface area contributed by atoms with Gasteiger partial charge in [-0.05, 0) is 25.7 Å². The van der Waals surface area contributed by atoms with E-state index in [0.717, 1.165) is 11.5 Å². The minimum atomic E-state index is -4.05. The molecule has 0 spiro atoms. The zero-order valence-electron chi connectivity index (χ0n) is 9.13. The Morgan fingerprint density at radius 3 is 2.47 bits per heavy atom. The van der Waals surface area contributed by atoms with Crippen molar-refractivity contribution in [3.05, 3.63) is 17.8 Å². The Morgan fingerprint density at radius 2 is 1.94 bits per heavy atom. The monoisotopic (exact) mass is 311 g/mol. The molecule has 0 amide bonds. The highest BCUT2D eigenvalue weighted by Gasteiger charge is 2.42. The third-order valence-corrected chi connectivity index (χ3v) is 3.89. The van der Waals surface area contributed by atoms with Gasteiger partial charge in [-0.15, -0.1) is 0 Å². The molecule has 1 aliphatic carbocycles. The zero-order chi connectivity index (χ0) is 12.5. The minimum Gasteiger partial charge on any atom is -0.448 e. The van der Waals surface area contributed by atoms with Crippen molar-refractivity contribution in [1.29, 1.82) is 0 Å². The van der Waals surface area contributed by atoms with Crippen LogP contribution in [0, 0.1) is 5.92 Å². The number of aromatic nitrogens is 1. The van der Waals surface area contributed by atoms with Gasteiger partial charge < -0.3 is 4.42 Å². The van der Waals surface area contributed by atoms with Crippen molar-refractivity contribution in [2.24, 2.45) is 5.92 Å². The molecule has 0 unspecified atom stereocenters. The molecule has 96 valence electrons. The van der Waals surface area contributed by atoms with Gasteiger partial charge in [-0.25, -0.2) is 4.98 Å². The number of halogens is 4. The van der Waals surface area contributed by atoms with Crippen LogP contribution in [0.4, 0.5) is 13.2 Å². The van der Waals surface area contributed by atoms with Crippen LogP contribution in [-0.4, -0.2) is 11.2 Å². The molecule has 2 nitrogen and oxygen atoms in total. The average Bonchev–Trinajstić information content (AvgIpc) is 2.76. The van der Waals surface area contributed by atoms with Gasteiger partial charge >= 0.3 is 6.18 Å². The van der Waals surface area contributed by atoms with Crippen LogP contribution in [0.25, 0.3) is 0 Å². The second-order valence-corrected chi connectivity index (χ2v) is 4.95. The van der Waals surface area contributed by atoms with Crippen LogP contribution in [0.5, 0.6) is 0 Å². The first kappa shape index (κ1) is 12.9. The van der Waals surface area contributed by atoms with Crippen LogP contribution in [-0.2, 0) is 5.33 Å². The molecule has 0 radical (unpaired) electrons. The number of oxazole rings is 1. The van der Waals surface area contributed by atoms with Gasteiger partial charge in [0.05, 0.1) is 11.6 Å². The van der Waals surface area contributed by atoms with Gasteiger partial charge in [0, 0.05) is 11.2 Å². The van der Waals surface area contributed by atoms with Crippen LogP contribution >= 0.6 is 15.9 Å². The molecule has 1 aromatic rings. The number of hydrogen-bond donors (Lipinski definition) is 0. The maximum atomic E-state index is 12.5. The summed E-state index contributed by atoms with van der Waals surface area (Å²) in [4.78, 5) is 4.04. The number of alkyl halides is 4. The summed E-state index contributed by atoms with van der Waals surface area (Å²) in [5.74, 6) is -0.305. The van der Waals surface area contributed by atoms with Crippen LogP contribution in [0.3, 0.4) is 0 Å². The average molecular weight is 312 g/mol. The molecular weight excluding hydrogens is 299 g/mol. The summed E-state index contributed by atoms with van der Waals surface area (Å²) in [7, 11) is 0. The fraction of sp³-hybridized carbons (Fsp3) is 0.727. The Bertz CT molecular complexity index is 369. The summed E-state index contributed by atoms with van der Waals surface area (Å²) in [5, 5.41) is 0.581. The predicted molar refractivity (Wildman–Crippen MR) is 59.9 cm³/mol. The fourth-order valence-corrected chi connectivity index (χ4v) is 2.81. The van der Waals surface area contributed by atoms with Crippen molar-refractivity contribution < 1.29 is 17.6 Å². The Balaban J connectivity index is 2.00. The highest BCUT2D eigenvalue weighted by atomic mass is 79.9. The number of nitrogens with zero attached hydrogens (tertiary/aromatic N) is 1. The molecule has 1 aliphatic rings. The highest BCUT2D eigenvalue weighted by molar-refractivity contribution is 9.08. The lowest BCUT2D eigenvalue weighted by Crippen LogP contribution is -2.27. The second-order valence-electron chi connectivity index (χ2n) is 4.39. The van der Waals surface area contributed by atoms with E-state index in [0.29, 0.717) is 18.2 Å². The summed E-state index contributed by atoms with van der Waals surface area (Å²) in [6.45, 7) is 0. The first-order valence-corrected chi connectivity index (χ1v) is 6.69. The predicted octanol–water partition coefficient (Wildman–Crippen LogP) is 4.41.